The van der Waals surface area contributed by atoms with Crippen molar-refractivity contribution in [3.05, 3.63) is 39.7 Å². The van der Waals surface area contributed by atoms with E-state index in [0.717, 1.165) is 22.1 Å². The molecule has 0 saturated carbocycles. The van der Waals surface area contributed by atoms with Gasteiger partial charge in [-0.05, 0) is 32.9 Å². The number of aliphatic imine (C=N–C) groups is 1. The largest absolute Gasteiger partial charge is 0.467 e. The van der Waals surface area contributed by atoms with E-state index >= 15 is 0 Å². The Morgan fingerprint density at radius 2 is 2.22 bits per heavy atom. The van der Waals surface area contributed by atoms with Gasteiger partial charge in [-0.3, -0.25) is 0 Å². The molecule has 0 aliphatic rings. The molecule has 0 radical (unpaired) electrons. The second kappa shape index (κ2) is 9.89. The summed E-state index contributed by atoms with van der Waals surface area (Å²) < 4.78 is 5.18. The van der Waals surface area contributed by atoms with Gasteiger partial charge in [-0.1, -0.05) is 0 Å². The minimum atomic E-state index is -0.703. The van der Waals surface area contributed by atoms with Gasteiger partial charge in [-0.2, -0.15) is 0 Å². The fourth-order valence-electron chi connectivity index (χ4n) is 1.99. The summed E-state index contributed by atoms with van der Waals surface area (Å²) in [5, 5.41) is 17.3. The van der Waals surface area contributed by atoms with Crippen molar-refractivity contribution in [2.45, 2.75) is 33.4 Å². The number of aliphatic hydroxyl groups excluding tert-OH is 1. The molecule has 0 bridgehead atoms. The minimum absolute atomic E-state index is 0. The summed E-state index contributed by atoms with van der Waals surface area (Å²) in [6.45, 7) is 7.65. The van der Waals surface area contributed by atoms with Crippen molar-refractivity contribution in [1.29, 1.82) is 0 Å². The second-order valence-corrected chi connectivity index (χ2v) is 6.14. The van der Waals surface area contributed by atoms with E-state index in [2.05, 4.69) is 20.6 Å². The van der Waals surface area contributed by atoms with Gasteiger partial charge < -0.3 is 20.2 Å². The number of rotatable bonds is 6. The van der Waals surface area contributed by atoms with E-state index in [9.17, 15) is 5.11 Å². The van der Waals surface area contributed by atoms with Crippen LogP contribution in [0.4, 0.5) is 0 Å². The van der Waals surface area contributed by atoms with Crippen molar-refractivity contribution in [3.8, 4) is 0 Å². The number of hydrogen-bond acceptors (Lipinski definition) is 5. The maximum Gasteiger partial charge on any atom is 0.191 e. The first kappa shape index (κ1) is 19.9. The molecule has 2 rings (SSSR count). The molecule has 0 aliphatic heterocycles. The van der Waals surface area contributed by atoms with Crippen LogP contribution >= 0.6 is 35.3 Å². The third-order valence-corrected chi connectivity index (χ3v) is 4.12. The molecule has 2 aromatic rings. The third-order valence-electron chi connectivity index (χ3n) is 3.06. The number of aryl methyl sites for hydroxylation is 2. The molecule has 0 spiro atoms. The molecule has 1 unspecified atom stereocenters. The molecule has 3 N–H and O–H groups in total. The Hall–Kier alpha value is -1.13. The Bertz CT molecular complexity index is 613. The number of nitrogens with one attached hydrogen (secondary N) is 2. The van der Waals surface area contributed by atoms with E-state index < -0.39 is 6.10 Å². The smallest absolute Gasteiger partial charge is 0.191 e. The Labute approximate surface area is 157 Å². The van der Waals surface area contributed by atoms with Crippen molar-refractivity contribution in [1.82, 2.24) is 15.6 Å². The Morgan fingerprint density at radius 3 is 2.78 bits per heavy atom. The fourth-order valence-corrected chi connectivity index (χ4v) is 2.85. The van der Waals surface area contributed by atoms with Crippen LogP contribution in [0.15, 0.2) is 27.8 Å². The first-order valence-corrected chi connectivity index (χ1v) is 8.08. The monoisotopic (exact) mass is 450 g/mol. The average Bonchev–Trinajstić information content (AvgIpc) is 3.11. The van der Waals surface area contributed by atoms with Gasteiger partial charge in [0, 0.05) is 11.4 Å². The van der Waals surface area contributed by atoms with Crippen molar-refractivity contribution < 1.29 is 9.52 Å². The fraction of sp³-hybridized carbons (Fsp3) is 0.467. The molecule has 1 atom stereocenters. The highest BCUT2D eigenvalue weighted by Gasteiger charge is 2.11. The minimum Gasteiger partial charge on any atom is -0.467 e. The van der Waals surface area contributed by atoms with Gasteiger partial charge in [0.05, 0.1) is 30.1 Å². The topological polar surface area (TPSA) is 82.7 Å². The van der Waals surface area contributed by atoms with Crippen LogP contribution in [0.2, 0.25) is 0 Å². The SMILES string of the molecule is CCNC(=NCc1sc(C)nc1C)NCC(O)c1ccco1.I. The van der Waals surface area contributed by atoms with Gasteiger partial charge in [-0.15, -0.1) is 35.3 Å². The third kappa shape index (κ3) is 6.11. The summed E-state index contributed by atoms with van der Waals surface area (Å²) in [6, 6.07) is 3.51. The second-order valence-electron chi connectivity index (χ2n) is 4.85. The van der Waals surface area contributed by atoms with E-state index in [4.69, 9.17) is 4.42 Å². The van der Waals surface area contributed by atoms with Gasteiger partial charge in [0.2, 0.25) is 0 Å². The number of aromatic nitrogens is 1. The van der Waals surface area contributed by atoms with Crippen molar-refractivity contribution in [2.75, 3.05) is 13.1 Å². The number of furan rings is 1. The normalized spacial score (nSPS) is 12.6. The van der Waals surface area contributed by atoms with Crippen LogP contribution < -0.4 is 10.6 Å². The summed E-state index contributed by atoms with van der Waals surface area (Å²) in [5.74, 6) is 1.20. The molecule has 0 aliphatic carbocycles. The number of nitrogens with zero attached hydrogens (tertiary/aromatic N) is 2. The Morgan fingerprint density at radius 1 is 1.43 bits per heavy atom. The van der Waals surface area contributed by atoms with Crippen LogP contribution in [-0.2, 0) is 6.54 Å². The zero-order valence-electron chi connectivity index (χ0n) is 13.5. The maximum atomic E-state index is 10.0. The highest BCUT2D eigenvalue weighted by atomic mass is 127. The number of thiazole rings is 1. The zero-order chi connectivity index (χ0) is 15.9. The van der Waals surface area contributed by atoms with Crippen LogP contribution in [0, 0.1) is 13.8 Å². The number of hydrogen-bond donors (Lipinski definition) is 3. The lowest BCUT2D eigenvalue weighted by molar-refractivity contribution is 0.153. The summed E-state index contributed by atoms with van der Waals surface area (Å²) in [4.78, 5) is 10.1. The summed E-state index contributed by atoms with van der Waals surface area (Å²) in [6.07, 6.45) is 0.846. The molecule has 23 heavy (non-hydrogen) atoms. The van der Waals surface area contributed by atoms with Gasteiger partial charge in [0.15, 0.2) is 5.96 Å². The van der Waals surface area contributed by atoms with Gasteiger partial charge in [0.25, 0.3) is 0 Å². The van der Waals surface area contributed by atoms with Crippen molar-refractivity contribution in [3.63, 3.8) is 0 Å². The van der Waals surface area contributed by atoms with Crippen LogP contribution in [0.25, 0.3) is 0 Å². The lowest BCUT2D eigenvalue weighted by Crippen LogP contribution is -2.39. The average molecular weight is 450 g/mol. The quantitative estimate of drug-likeness (QED) is 0.358. The first-order valence-electron chi connectivity index (χ1n) is 7.26. The molecule has 128 valence electrons. The molecule has 8 heteroatoms. The Kier molecular flexibility index (Phi) is 8.56. The predicted molar refractivity (Wildman–Crippen MR) is 103 cm³/mol. The van der Waals surface area contributed by atoms with Crippen LogP contribution in [-0.4, -0.2) is 29.1 Å². The summed E-state index contributed by atoms with van der Waals surface area (Å²) in [5.41, 5.74) is 1.03. The molecule has 6 nitrogen and oxygen atoms in total. The molecule has 2 heterocycles. The first-order chi connectivity index (χ1) is 10.6. The standard InChI is InChI=1S/C15H22N4O2S.HI/c1-4-16-15(17-8-12(20)13-6-5-7-21-13)18-9-14-10(2)19-11(3)22-14;/h5-7,12,20H,4,8-9H2,1-3H3,(H2,16,17,18);1H. The number of aliphatic hydroxyl groups is 1. The van der Waals surface area contributed by atoms with Crippen LogP contribution in [0.1, 0.15) is 34.4 Å². The van der Waals surface area contributed by atoms with Crippen LogP contribution in [0.5, 0.6) is 0 Å². The molecular formula is C15H23IN4O2S. The number of halogens is 1. The molecular weight excluding hydrogens is 427 g/mol. The summed E-state index contributed by atoms with van der Waals surface area (Å²) in [7, 11) is 0. The van der Waals surface area contributed by atoms with E-state index in [1.165, 1.54) is 0 Å². The van der Waals surface area contributed by atoms with Crippen molar-refractivity contribution >= 4 is 41.3 Å². The maximum absolute atomic E-state index is 10.0. The van der Waals surface area contributed by atoms with E-state index in [1.807, 2.05) is 20.8 Å². The zero-order valence-corrected chi connectivity index (χ0v) is 16.6. The summed E-state index contributed by atoms with van der Waals surface area (Å²) >= 11 is 1.66. The van der Waals surface area contributed by atoms with Crippen molar-refractivity contribution in [2.24, 2.45) is 4.99 Å². The molecule has 0 saturated heterocycles. The van der Waals surface area contributed by atoms with Gasteiger partial charge in [0.1, 0.15) is 11.9 Å². The Balaban J connectivity index is 0.00000264. The lowest BCUT2D eigenvalue weighted by Gasteiger charge is -2.13. The van der Waals surface area contributed by atoms with E-state index in [0.29, 0.717) is 24.8 Å². The van der Waals surface area contributed by atoms with Gasteiger partial charge in [-0.25, -0.2) is 9.98 Å². The molecule has 0 aromatic carbocycles. The predicted octanol–water partition coefficient (Wildman–Crippen LogP) is 2.76. The van der Waals surface area contributed by atoms with Gasteiger partial charge >= 0.3 is 0 Å². The van der Waals surface area contributed by atoms with Crippen LogP contribution in [0.3, 0.4) is 0 Å². The molecule has 2 aromatic heterocycles. The highest BCUT2D eigenvalue weighted by Crippen LogP contribution is 2.17. The van der Waals surface area contributed by atoms with E-state index in [1.54, 1.807) is 29.7 Å². The highest BCUT2D eigenvalue weighted by molar-refractivity contribution is 14.0. The number of guanidine groups is 1. The lowest BCUT2D eigenvalue weighted by atomic mass is 10.3. The molecule has 0 amide bonds. The van der Waals surface area contributed by atoms with E-state index in [-0.39, 0.29) is 24.0 Å². The molecule has 0 fully saturated rings.